The molecule has 3 unspecified atom stereocenters. The lowest BCUT2D eigenvalue weighted by molar-refractivity contribution is 0.217. The summed E-state index contributed by atoms with van der Waals surface area (Å²) in [5.41, 5.74) is 1.47. The summed E-state index contributed by atoms with van der Waals surface area (Å²) in [5, 5.41) is 3.64. The molecule has 1 aromatic carbocycles. The van der Waals surface area contributed by atoms with E-state index in [2.05, 4.69) is 54.4 Å². The van der Waals surface area contributed by atoms with Crippen molar-refractivity contribution in [2.45, 2.75) is 45.2 Å². The normalized spacial score (nSPS) is 27.9. The number of nitrogens with one attached hydrogen (secondary N) is 1. The van der Waals surface area contributed by atoms with Crippen molar-refractivity contribution < 1.29 is 0 Å². The van der Waals surface area contributed by atoms with Crippen molar-refractivity contribution in [3.8, 4) is 0 Å². The number of fused-ring (bicyclic) bond motifs is 1. The highest BCUT2D eigenvalue weighted by Crippen LogP contribution is 2.40. The van der Waals surface area contributed by atoms with E-state index in [1.54, 1.807) is 0 Å². The molecule has 2 fully saturated rings. The van der Waals surface area contributed by atoms with E-state index in [4.69, 9.17) is 0 Å². The minimum atomic E-state index is 0.546. The van der Waals surface area contributed by atoms with Gasteiger partial charge in [-0.3, -0.25) is 4.90 Å². The van der Waals surface area contributed by atoms with Crippen LogP contribution in [-0.2, 0) is 0 Å². The Balaban J connectivity index is 1.72. The molecule has 1 N–H and O–H groups in total. The van der Waals surface area contributed by atoms with Gasteiger partial charge in [-0.05, 0) is 30.2 Å². The molecule has 1 aromatic rings. The molecule has 1 heterocycles. The lowest BCUT2D eigenvalue weighted by Gasteiger charge is -2.30. The van der Waals surface area contributed by atoms with Gasteiger partial charge in [-0.25, -0.2) is 0 Å². The number of benzene rings is 1. The van der Waals surface area contributed by atoms with E-state index in [1.807, 2.05) is 0 Å². The Morgan fingerprint density at radius 2 is 1.75 bits per heavy atom. The third kappa shape index (κ3) is 3.07. The topological polar surface area (TPSA) is 15.3 Å². The van der Waals surface area contributed by atoms with Gasteiger partial charge in [0.25, 0.3) is 0 Å². The van der Waals surface area contributed by atoms with E-state index in [9.17, 15) is 0 Å². The first kappa shape index (κ1) is 14.1. The molecule has 0 aromatic heterocycles. The molecule has 20 heavy (non-hydrogen) atoms. The SMILES string of the molecule is CC(C)NCC(c1ccccc1)N1CC2CCCC2C1. The molecule has 2 nitrogen and oxygen atoms in total. The highest BCUT2D eigenvalue weighted by molar-refractivity contribution is 5.20. The summed E-state index contributed by atoms with van der Waals surface area (Å²) in [4.78, 5) is 2.74. The number of likely N-dealkylation sites (tertiary alicyclic amines) is 1. The van der Waals surface area contributed by atoms with E-state index < -0.39 is 0 Å². The molecule has 1 aliphatic carbocycles. The van der Waals surface area contributed by atoms with Crippen LogP contribution < -0.4 is 5.32 Å². The second-order valence-corrected chi connectivity index (χ2v) is 6.89. The monoisotopic (exact) mass is 272 g/mol. The predicted molar refractivity (Wildman–Crippen MR) is 84.7 cm³/mol. The van der Waals surface area contributed by atoms with Crippen LogP contribution in [0.3, 0.4) is 0 Å². The van der Waals surface area contributed by atoms with Crippen LogP contribution >= 0.6 is 0 Å². The van der Waals surface area contributed by atoms with Gasteiger partial charge in [0, 0.05) is 31.7 Å². The fourth-order valence-electron chi connectivity index (χ4n) is 4.01. The molecule has 0 amide bonds. The van der Waals surface area contributed by atoms with E-state index in [-0.39, 0.29) is 0 Å². The molecule has 1 saturated carbocycles. The Morgan fingerprint density at radius 1 is 1.10 bits per heavy atom. The van der Waals surface area contributed by atoms with Gasteiger partial charge in [0.2, 0.25) is 0 Å². The standard InChI is InChI=1S/C18H28N2/c1-14(2)19-11-18(15-7-4-3-5-8-15)20-12-16-9-6-10-17(16)13-20/h3-5,7-8,14,16-19H,6,9-13H2,1-2H3. The third-order valence-corrected chi connectivity index (χ3v) is 5.10. The van der Waals surface area contributed by atoms with Crippen molar-refractivity contribution in [3.63, 3.8) is 0 Å². The molecule has 0 radical (unpaired) electrons. The first-order valence-electron chi connectivity index (χ1n) is 8.26. The lowest BCUT2D eigenvalue weighted by atomic mass is 10.0. The van der Waals surface area contributed by atoms with Crippen LogP contribution in [0.25, 0.3) is 0 Å². The molecule has 110 valence electrons. The van der Waals surface area contributed by atoms with E-state index in [0.717, 1.165) is 18.4 Å². The minimum Gasteiger partial charge on any atom is -0.313 e. The molecule has 0 bridgehead atoms. The van der Waals surface area contributed by atoms with Crippen LogP contribution in [0.4, 0.5) is 0 Å². The van der Waals surface area contributed by atoms with E-state index in [0.29, 0.717) is 12.1 Å². The zero-order valence-electron chi connectivity index (χ0n) is 12.9. The van der Waals surface area contributed by atoms with Crippen LogP contribution in [0.15, 0.2) is 30.3 Å². The number of hydrogen-bond acceptors (Lipinski definition) is 2. The van der Waals surface area contributed by atoms with Crippen LogP contribution in [0, 0.1) is 11.8 Å². The summed E-state index contributed by atoms with van der Waals surface area (Å²) in [6, 6.07) is 12.2. The Hall–Kier alpha value is -0.860. The Morgan fingerprint density at radius 3 is 2.35 bits per heavy atom. The van der Waals surface area contributed by atoms with E-state index >= 15 is 0 Å². The van der Waals surface area contributed by atoms with Crippen LogP contribution in [0.2, 0.25) is 0 Å². The van der Waals surface area contributed by atoms with Crippen molar-refractivity contribution in [2.75, 3.05) is 19.6 Å². The van der Waals surface area contributed by atoms with Crippen molar-refractivity contribution in [1.29, 1.82) is 0 Å². The van der Waals surface area contributed by atoms with Crippen LogP contribution in [-0.4, -0.2) is 30.6 Å². The molecular formula is C18H28N2. The number of rotatable bonds is 5. The lowest BCUT2D eigenvalue weighted by Crippen LogP contribution is -2.37. The average Bonchev–Trinajstić information content (AvgIpc) is 3.01. The van der Waals surface area contributed by atoms with Crippen LogP contribution in [0.5, 0.6) is 0 Å². The average molecular weight is 272 g/mol. The quantitative estimate of drug-likeness (QED) is 0.883. The third-order valence-electron chi connectivity index (χ3n) is 5.10. The highest BCUT2D eigenvalue weighted by Gasteiger charge is 2.38. The predicted octanol–water partition coefficient (Wildman–Crippen LogP) is 3.46. The Labute approximate surface area is 123 Å². The van der Waals surface area contributed by atoms with Crippen molar-refractivity contribution >= 4 is 0 Å². The van der Waals surface area contributed by atoms with Gasteiger partial charge >= 0.3 is 0 Å². The summed E-state index contributed by atoms with van der Waals surface area (Å²) in [6.07, 6.45) is 4.38. The minimum absolute atomic E-state index is 0.546. The zero-order valence-corrected chi connectivity index (χ0v) is 12.9. The molecular weight excluding hydrogens is 244 g/mol. The molecule has 1 aliphatic heterocycles. The molecule has 2 aliphatic rings. The maximum atomic E-state index is 3.64. The summed E-state index contributed by atoms with van der Waals surface area (Å²) >= 11 is 0. The molecule has 1 saturated heterocycles. The van der Waals surface area contributed by atoms with Gasteiger partial charge in [0.15, 0.2) is 0 Å². The highest BCUT2D eigenvalue weighted by atomic mass is 15.2. The fourth-order valence-corrected chi connectivity index (χ4v) is 4.01. The first-order chi connectivity index (χ1) is 9.74. The van der Waals surface area contributed by atoms with Gasteiger partial charge in [0.1, 0.15) is 0 Å². The molecule has 2 heteroatoms. The fraction of sp³-hybridized carbons (Fsp3) is 0.667. The zero-order chi connectivity index (χ0) is 13.9. The smallest absolute Gasteiger partial charge is 0.0472 e. The second-order valence-electron chi connectivity index (χ2n) is 6.89. The van der Waals surface area contributed by atoms with Crippen LogP contribution in [0.1, 0.15) is 44.7 Å². The second kappa shape index (κ2) is 6.28. The van der Waals surface area contributed by atoms with Gasteiger partial charge in [-0.15, -0.1) is 0 Å². The first-order valence-corrected chi connectivity index (χ1v) is 8.26. The number of hydrogen-bond donors (Lipinski definition) is 1. The number of nitrogens with zero attached hydrogens (tertiary/aromatic N) is 1. The van der Waals surface area contributed by atoms with E-state index in [1.165, 1.54) is 37.9 Å². The summed E-state index contributed by atoms with van der Waals surface area (Å²) in [5.74, 6) is 1.94. The van der Waals surface area contributed by atoms with Crippen molar-refractivity contribution in [1.82, 2.24) is 10.2 Å². The van der Waals surface area contributed by atoms with Gasteiger partial charge in [-0.2, -0.15) is 0 Å². The van der Waals surface area contributed by atoms with Crippen molar-refractivity contribution in [3.05, 3.63) is 35.9 Å². The summed E-state index contributed by atoms with van der Waals surface area (Å²) in [6.45, 7) is 8.16. The molecule has 3 rings (SSSR count). The largest absolute Gasteiger partial charge is 0.313 e. The summed E-state index contributed by atoms with van der Waals surface area (Å²) in [7, 11) is 0. The molecule has 0 spiro atoms. The summed E-state index contributed by atoms with van der Waals surface area (Å²) < 4.78 is 0. The molecule has 3 atom stereocenters. The van der Waals surface area contributed by atoms with Gasteiger partial charge in [-0.1, -0.05) is 50.6 Å². The maximum absolute atomic E-state index is 3.64. The van der Waals surface area contributed by atoms with Crippen molar-refractivity contribution in [2.24, 2.45) is 11.8 Å². The van der Waals surface area contributed by atoms with Gasteiger partial charge < -0.3 is 5.32 Å². The maximum Gasteiger partial charge on any atom is 0.0472 e. The van der Waals surface area contributed by atoms with Gasteiger partial charge in [0.05, 0.1) is 0 Å². The Kier molecular flexibility index (Phi) is 4.42. The Bertz CT molecular complexity index is 403.